The minimum Gasteiger partial charge on any atom is -0.478 e. The highest BCUT2D eigenvalue weighted by atomic mass is 35.5. The third-order valence-corrected chi connectivity index (χ3v) is 3.03. The molecule has 108 valence electrons. The van der Waals surface area contributed by atoms with E-state index in [1.165, 1.54) is 18.2 Å². The number of pyridine rings is 1. The summed E-state index contributed by atoms with van der Waals surface area (Å²) in [6.07, 6.45) is 0. The maximum Gasteiger partial charge on any atom is 0.335 e. The molecule has 0 aliphatic rings. The van der Waals surface area contributed by atoms with Crippen molar-refractivity contribution in [2.24, 2.45) is 0 Å². The number of carboxylic acids is 1. The molecule has 0 aliphatic carbocycles. The van der Waals surface area contributed by atoms with Gasteiger partial charge in [0.2, 0.25) is 0 Å². The number of halogens is 1. The van der Waals surface area contributed by atoms with Crippen LogP contribution in [0.5, 0.6) is 0 Å². The lowest BCUT2D eigenvalue weighted by Crippen LogP contribution is -2.23. The van der Waals surface area contributed by atoms with E-state index in [0.717, 1.165) is 5.56 Å². The minimum atomic E-state index is -0.979. The van der Waals surface area contributed by atoms with Gasteiger partial charge in [0.1, 0.15) is 5.15 Å². The summed E-state index contributed by atoms with van der Waals surface area (Å²) in [5, 5.41) is 11.8. The molecule has 0 spiro atoms. The molecule has 0 aliphatic heterocycles. The maximum absolute atomic E-state index is 12.0. The largest absolute Gasteiger partial charge is 0.478 e. The lowest BCUT2D eigenvalue weighted by atomic mass is 10.1. The van der Waals surface area contributed by atoms with Gasteiger partial charge in [0.05, 0.1) is 5.56 Å². The van der Waals surface area contributed by atoms with Crippen molar-refractivity contribution in [3.8, 4) is 0 Å². The van der Waals surface area contributed by atoms with Gasteiger partial charge in [0.15, 0.2) is 0 Å². The summed E-state index contributed by atoms with van der Waals surface area (Å²) in [6, 6.07) is 9.46. The van der Waals surface area contributed by atoms with Gasteiger partial charge in [0.25, 0.3) is 5.91 Å². The SMILES string of the molecule is Cc1cc(C(=O)NCc2ccc(C(=O)O)cc2)cc(Cl)n1. The normalized spacial score (nSPS) is 10.2. The fraction of sp³-hybridized carbons (Fsp3) is 0.133. The number of rotatable bonds is 4. The van der Waals surface area contributed by atoms with Crippen molar-refractivity contribution in [2.45, 2.75) is 13.5 Å². The monoisotopic (exact) mass is 304 g/mol. The average molecular weight is 305 g/mol. The van der Waals surface area contributed by atoms with Crippen LogP contribution in [-0.4, -0.2) is 22.0 Å². The lowest BCUT2D eigenvalue weighted by Gasteiger charge is -2.07. The topological polar surface area (TPSA) is 79.3 Å². The van der Waals surface area contributed by atoms with E-state index in [0.29, 0.717) is 17.8 Å². The maximum atomic E-state index is 12.0. The van der Waals surface area contributed by atoms with Crippen molar-refractivity contribution in [1.82, 2.24) is 10.3 Å². The Hall–Kier alpha value is -2.40. The third-order valence-electron chi connectivity index (χ3n) is 2.84. The van der Waals surface area contributed by atoms with Crippen molar-refractivity contribution < 1.29 is 14.7 Å². The Bertz CT molecular complexity index is 664. The highest BCUT2D eigenvalue weighted by molar-refractivity contribution is 6.29. The molecule has 0 unspecified atom stereocenters. The van der Waals surface area contributed by atoms with Gasteiger partial charge in [-0.3, -0.25) is 4.79 Å². The number of nitrogens with zero attached hydrogens (tertiary/aromatic N) is 1. The number of hydrogen-bond acceptors (Lipinski definition) is 3. The van der Waals surface area contributed by atoms with Gasteiger partial charge < -0.3 is 10.4 Å². The van der Waals surface area contributed by atoms with Gasteiger partial charge in [-0.15, -0.1) is 0 Å². The molecule has 1 aromatic carbocycles. The van der Waals surface area contributed by atoms with Crippen molar-refractivity contribution in [1.29, 1.82) is 0 Å². The third kappa shape index (κ3) is 4.03. The zero-order valence-corrected chi connectivity index (χ0v) is 12.0. The molecule has 2 aromatic rings. The first kappa shape index (κ1) is 15.0. The number of aromatic nitrogens is 1. The molecular weight excluding hydrogens is 292 g/mol. The molecule has 0 fully saturated rings. The number of aromatic carboxylic acids is 1. The second-order valence-electron chi connectivity index (χ2n) is 4.50. The van der Waals surface area contributed by atoms with Crippen LogP contribution in [0.15, 0.2) is 36.4 Å². The summed E-state index contributed by atoms with van der Waals surface area (Å²) < 4.78 is 0. The fourth-order valence-corrected chi connectivity index (χ4v) is 2.06. The van der Waals surface area contributed by atoms with E-state index in [-0.39, 0.29) is 16.6 Å². The Labute approximate surface area is 126 Å². The molecule has 21 heavy (non-hydrogen) atoms. The van der Waals surface area contributed by atoms with E-state index in [1.54, 1.807) is 25.1 Å². The molecule has 0 atom stereocenters. The van der Waals surface area contributed by atoms with E-state index in [2.05, 4.69) is 10.3 Å². The Morgan fingerprint density at radius 3 is 2.43 bits per heavy atom. The van der Waals surface area contributed by atoms with Crippen LogP contribution in [0.3, 0.4) is 0 Å². The Morgan fingerprint density at radius 1 is 1.19 bits per heavy atom. The number of carbonyl (C=O) groups excluding carboxylic acids is 1. The molecule has 0 saturated carbocycles. The molecule has 0 bridgehead atoms. The average Bonchev–Trinajstić information content (AvgIpc) is 2.44. The summed E-state index contributed by atoms with van der Waals surface area (Å²) in [7, 11) is 0. The zero-order chi connectivity index (χ0) is 15.4. The van der Waals surface area contributed by atoms with Gasteiger partial charge in [0, 0.05) is 17.8 Å². The molecular formula is C15H13ClN2O3. The fourth-order valence-electron chi connectivity index (χ4n) is 1.81. The second-order valence-corrected chi connectivity index (χ2v) is 4.89. The summed E-state index contributed by atoms with van der Waals surface area (Å²) in [4.78, 5) is 26.7. The number of carbonyl (C=O) groups is 2. The molecule has 0 radical (unpaired) electrons. The molecule has 1 aromatic heterocycles. The van der Waals surface area contributed by atoms with Crippen LogP contribution in [0.2, 0.25) is 5.15 Å². The van der Waals surface area contributed by atoms with Crippen molar-refractivity contribution in [2.75, 3.05) is 0 Å². The van der Waals surface area contributed by atoms with Crippen LogP contribution >= 0.6 is 11.6 Å². The highest BCUT2D eigenvalue weighted by Crippen LogP contribution is 2.11. The quantitative estimate of drug-likeness (QED) is 0.851. The number of aryl methyl sites for hydroxylation is 1. The van der Waals surface area contributed by atoms with E-state index in [9.17, 15) is 9.59 Å². The number of carboxylic acid groups (broad SMARTS) is 1. The lowest BCUT2D eigenvalue weighted by molar-refractivity contribution is 0.0696. The van der Waals surface area contributed by atoms with Gasteiger partial charge in [-0.25, -0.2) is 9.78 Å². The number of benzene rings is 1. The Kier molecular flexibility index (Phi) is 4.55. The zero-order valence-electron chi connectivity index (χ0n) is 11.3. The predicted octanol–water partition coefficient (Wildman–Crippen LogP) is 2.67. The van der Waals surface area contributed by atoms with Crippen molar-refractivity contribution in [3.63, 3.8) is 0 Å². The first-order valence-electron chi connectivity index (χ1n) is 6.20. The van der Waals surface area contributed by atoms with E-state index in [4.69, 9.17) is 16.7 Å². The summed E-state index contributed by atoms with van der Waals surface area (Å²) in [5.74, 6) is -1.24. The molecule has 5 nitrogen and oxygen atoms in total. The van der Waals surface area contributed by atoms with E-state index in [1.807, 2.05) is 0 Å². The van der Waals surface area contributed by atoms with Crippen LogP contribution < -0.4 is 5.32 Å². The van der Waals surface area contributed by atoms with Crippen molar-refractivity contribution >= 4 is 23.5 Å². The van der Waals surface area contributed by atoms with E-state index >= 15 is 0 Å². The van der Waals surface area contributed by atoms with Gasteiger partial charge in [-0.05, 0) is 36.8 Å². The first-order valence-corrected chi connectivity index (χ1v) is 6.58. The first-order chi connectivity index (χ1) is 9.95. The number of hydrogen-bond donors (Lipinski definition) is 2. The molecule has 0 saturated heterocycles. The van der Waals surface area contributed by atoms with Crippen LogP contribution in [0.25, 0.3) is 0 Å². The molecule has 2 rings (SSSR count). The molecule has 6 heteroatoms. The van der Waals surface area contributed by atoms with E-state index < -0.39 is 5.97 Å². The standard InChI is InChI=1S/C15H13ClN2O3/c1-9-6-12(7-13(16)18-9)14(19)17-8-10-2-4-11(5-3-10)15(20)21/h2-7H,8H2,1H3,(H,17,19)(H,20,21). The number of amides is 1. The Morgan fingerprint density at radius 2 is 1.86 bits per heavy atom. The summed E-state index contributed by atoms with van der Waals surface area (Å²) in [6.45, 7) is 2.06. The number of nitrogens with one attached hydrogen (secondary N) is 1. The Balaban J connectivity index is 2.02. The summed E-state index contributed by atoms with van der Waals surface area (Å²) >= 11 is 5.81. The molecule has 2 N–H and O–H groups in total. The van der Waals surface area contributed by atoms with Gasteiger partial charge in [-0.2, -0.15) is 0 Å². The van der Waals surface area contributed by atoms with Crippen LogP contribution in [-0.2, 0) is 6.54 Å². The summed E-state index contributed by atoms with van der Waals surface area (Å²) in [5.41, 5.74) is 2.12. The predicted molar refractivity (Wildman–Crippen MR) is 78.6 cm³/mol. The van der Waals surface area contributed by atoms with Crippen LogP contribution in [0.4, 0.5) is 0 Å². The molecule has 1 heterocycles. The second kappa shape index (κ2) is 6.37. The van der Waals surface area contributed by atoms with Gasteiger partial charge >= 0.3 is 5.97 Å². The van der Waals surface area contributed by atoms with Gasteiger partial charge in [-0.1, -0.05) is 23.7 Å². The highest BCUT2D eigenvalue weighted by Gasteiger charge is 2.08. The van der Waals surface area contributed by atoms with Crippen LogP contribution in [0, 0.1) is 6.92 Å². The van der Waals surface area contributed by atoms with Crippen molar-refractivity contribution in [3.05, 3.63) is 63.9 Å². The smallest absolute Gasteiger partial charge is 0.335 e. The molecule has 1 amide bonds. The van der Waals surface area contributed by atoms with Crippen LogP contribution in [0.1, 0.15) is 32.0 Å². The minimum absolute atomic E-state index is 0.210.